The molecule has 0 radical (unpaired) electrons. The van der Waals surface area contributed by atoms with Crippen molar-refractivity contribution in [2.75, 3.05) is 11.9 Å². The Kier molecular flexibility index (Phi) is 5.21. The number of hydrogen-bond donors (Lipinski definition) is 2. The molecule has 0 aliphatic carbocycles. The van der Waals surface area contributed by atoms with Crippen molar-refractivity contribution in [1.29, 1.82) is 0 Å². The lowest BCUT2D eigenvalue weighted by molar-refractivity contribution is -0.156. The molecule has 0 saturated heterocycles. The molecular formula is C16H14FNO4. The fourth-order valence-electron chi connectivity index (χ4n) is 1.75. The van der Waals surface area contributed by atoms with E-state index in [1.54, 1.807) is 30.3 Å². The zero-order valence-corrected chi connectivity index (χ0v) is 11.5. The van der Waals surface area contributed by atoms with Gasteiger partial charge in [-0.3, -0.25) is 4.79 Å². The van der Waals surface area contributed by atoms with Gasteiger partial charge >= 0.3 is 5.97 Å². The topological polar surface area (TPSA) is 75.6 Å². The van der Waals surface area contributed by atoms with Crippen LogP contribution in [0.4, 0.5) is 10.1 Å². The van der Waals surface area contributed by atoms with E-state index in [9.17, 15) is 19.1 Å². The minimum Gasteiger partial charge on any atom is -0.453 e. The number of aliphatic hydroxyl groups excluding tert-OH is 1. The summed E-state index contributed by atoms with van der Waals surface area (Å²) in [6, 6.07) is 13.5. The minimum absolute atomic E-state index is 0.254. The predicted octanol–water partition coefficient (Wildman–Crippen LogP) is 2.04. The van der Waals surface area contributed by atoms with Gasteiger partial charge in [0.2, 0.25) is 0 Å². The average Bonchev–Trinajstić information content (AvgIpc) is 2.52. The Hall–Kier alpha value is -2.73. The predicted molar refractivity (Wildman–Crippen MR) is 77.4 cm³/mol. The molecule has 0 saturated carbocycles. The molecule has 2 N–H and O–H groups in total. The SMILES string of the molecule is O=C(COC(=O)[C@H](O)c1ccccc1)Nc1cccc(F)c1. The van der Waals surface area contributed by atoms with E-state index in [1.807, 2.05) is 0 Å². The van der Waals surface area contributed by atoms with Gasteiger partial charge in [-0.15, -0.1) is 0 Å². The summed E-state index contributed by atoms with van der Waals surface area (Å²) in [5, 5.41) is 12.2. The third-order valence-electron chi connectivity index (χ3n) is 2.79. The van der Waals surface area contributed by atoms with Crippen molar-refractivity contribution in [2.45, 2.75) is 6.10 Å². The Morgan fingerprint density at radius 2 is 1.86 bits per heavy atom. The van der Waals surface area contributed by atoms with Crippen molar-refractivity contribution in [3.8, 4) is 0 Å². The van der Waals surface area contributed by atoms with E-state index >= 15 is 0 Å². The van der Waals surface area contributed by atoms with Crippen LogP contribution in [0.5, 0.6) is 0 Å². The van der Waals surface area contributed by atoms with Gasteiger partial charge in [-0.05, 0) is 23.8 Å². The van der Waals surface area contributed by atoms with E-state index in [-0.39, 0.29) is 5.69 Å². The molecule has 1 amide bonds. The highest BCUT2D eigenvalue weighted by molar-refractivity contribution is 5.93. The molecule has 5 nitrogen and oxygen atoms in total. The molecule has 0 aliphatic heterocycles. The van der Waals surface area contributed by atoms with Crippen LogP contribution in [-0.2, 0) is 14.3 Å². The van der Waals surface area contributed by atoms with Crippen LogP contribution < -0.4 is 5.32 Å². The number of carbonyl (C=O) groups is 2. The third kappa shape index (κ3) is 4.39. The van der Waals surface area contributed by atoms with E-state index in [0.717, 1.165) is 6.07 Å². The van der Waals surface area contributed by atoms with Gasteiger partial charge in [-0.25, -0.2) is 9.18 Å². The molecule has 0 spiro atoms. The lowest BCUT2D eigenvalue weighted by atomic mass is 10.1. The van der Waals surface area contributed by atoms with Gasteiger partial charge in [0.05, 0.1) is 0 Å². The summed E-state index contributed by atoms with van der Waals surface area (Å²) in [5.41, 5.74) is 0.627. The third-order valence-corrected chi connectivity index (χ3v) is 2.79. The molecule has 6 heteroatoms. The normalized spacial score (nSPS) is 11.5. The Balaban J connectivity index is 1.84. The molecule has 22 heavy (non-hydrogen) atoms. The number of carbonyl (C=O) groups excluding carboxylic acids is 2. The zero-order valence-electron chi connectivity index (χ0n) is 11.5. The fraction of sp³-hybridized carbons (Fsp3) is 0.125. The van der Waals surface area contributed by atoms with Gasteiger partial charge in [0.15, 0.2) is 12.7 Å². The summed E-state index contributed by atoms with van der Waals surface area (Å²) < 4.78 is 17.7. The van der Waals surface area contributed by atoms with Crippen molar-refractivity contribution >= 4 is 17.6 Å². The smallest absolute Gasteiger partial charge is 0.340 e. The highest BCUT2D eigenvalue weighted by atomic mass is 19.1. The van der Waals surface area contributed by atoms with Crippen LogP contribution in [0.2, 0.25) is 0 Å². The molecule has 0 aliphatic rings. The van der Waals surface area contributed by atoms with E-state index in [4.69, 9.17) is 4.74 Å². The first-order chi connectivity index (χ1) is 10.6. The Bertz CT molecular complexity index is 660. The number of esters is 1. The van der Waals surface area contributed by atoms with E-state index in [2.05, 4.69) is 5.32 Å². The van der Waals surface area contributed by atoms with Crippen molar-refractivity contribution in [2.24, 2.45) is 0 Å². The average molecular weight is 303 g/mol. The molecule has 114 valence electrons. The summed E-state index contributed by atoms with van der Waals surface area (Å²) in [6.45, 7) is -0.570. The summed E-state index contributed by atoms with van der Waals surface area (Å²) in [4.78, 5) is 23.2. The molecule has 0 bridgehead atoms. The van der Waals surface area contributed by atoms with Crippen LogP contribution in [0.15, 0.2) is 54.6 Å². The molecule has 1 atom stereocenters. The first kappa shape index (κ1) is 15.7. The zero-order chi connectivity index (χ0) is 15.9. The van der Waals surface area contributed by atoms with Crippen LogP contribution in [-0.4, -0.2) is 23.6 Å². The number of hydrogen-bond acceptors (Lipinski definition) is 4. The number of nitrogens with one attached hydrogen (secondary N) is 1. The molecule has 2 aromatic rings. The van der Waals surface area contributed by atoms with Gasteiger partial charge in [0.25, 0.3) is 5.91 Å². The van der Waals surface area contributed by atoms with Crippen LogP contribution in [0.3, 0.4) is 0 Å². The second-order valence-corrected chi connectivity index (χ2v) is 4.48. The number of ether oxygens (including phenoxy) is 1. The van der Waals surface area contributed by atoms with Gasteiger partial charge < -0.3 is 15.2 Å². The van der Waals surface area contributed by atoms with Gasteiger partial charge in [0.1, 0.15) is 5.82 Å². The molecule has 2 aromatic carbocycles. The Morgan fingerprint density at radius 3 is 2.55 bits per heavy atom. The minimum atomic E-state index is -1.46. The van der Waals surface area contributed by atoms with E-state index < -0.39 is 30.4 Å². The Morgan fingerprint density at radius 1 is 1.14 bits per heavy atom. The van der Waals surface area contributed by atoms with E-state index in [1.165, 1.54) is 18.2 Å². The number of aliphatic hydroxyl groups is 1. The van der Waals surface area contributed by atoms with Crippen molar-refractivity contribution in [3.63, 3.8) is 0 Å². The molecule has 2 rings (SSSR count). The summed E-state index contributed by atoms with van der Waals surface area (Å²) >= 11 is 0. The van der Waals surface area contributed by atoms with Crippen molar-refractivity contribution in [3.05, 3.63) is 66.0 Å². The molecule has 0 unspecified atom stereocenters. The van der Waals surface area contributed by atoms with Gasteiger partial charge in [-0.1, -0.05) is 36.4 Å². The van der Waals surface area contributed by atoms with Gasteiger partial charge in [-0.2, -0.15) is 0 Å². The first-order valence-corrected chi connectivity index (χ1v) is 6.51. The number of amides is 1. The standard InChI is InChI=1S/C16H14FNO4/c17-12-7-4-8-13(9-12)18-14(19)10-22-16(21)15(20)11-5-2-1-3-6-11/h1-9,15,20H,10H2,(H,18,19)/t15-/m1/s1. The van der Waals surface area contributed by atoms with E-state index in [0.29, 0.717) is 5.56 Å². The fourth-order valence-corrected chi connectivity index (χ4v) is 1.75. The maximum absolute atomic E-state index is 13.0. The molecule has 0 fully saturated rings. The second kappa shape index (κ2) is 7.33. The quantitative estimate of drug-likeness (QED) is 0.829. The number of halogens is 1. The molecule has 0 heterocycles. The largest absolute Gasteiger partial charge is 0.453 e. The second-order valence-electron chi connectivity index (χ2n) is 4.48. The van der Waals surface area contributed by atoms with Crippen LogP contribution >= 0.6 is 0 Å². The van der Waals surface area contributed by atoms with Crippen molar-refractivity contribution in [1.82, 2.24) is 0 Å². The first-order valence-electron chi connectivity index (χ1n) is 6.51. The maximum atomic E-state index is 13.0. The molecular weight excluding hydrogens is 289 g/mol. The highest BCUT2D eigenvalue weighted by Gasteiger charge is 2.19. The summed E-state index contributed by atoms with van der Waals surface area (Å²) in [7, 11) is 0. The monoisotopic (exact) mass is 303 g/mol. The lowest BCUT2D eigenvalue weighted by Gasteiger charge is -2.11. The van der Waals surface area contributed by atoms with Crippen LogP contribution in [0.25, 0.3) is 0 Å². The highest BCUT2D eigenvalue weighted by Crippen LogP contribution is 2.14. The van der Waals surface area contributed by atoms with Crippen LogP contribution in [0.1, 0.15) is 11.7 Å². The van der Waals surface area contributed by atoms with Gasteiger partial charge in [0, 0.05) is 5.69 Å². The molecule has 0 aromatic heterocycles. The summed E-state index contributed by atoms with van der Waals surface area (Å²) in [6.07, 6.45) is -1.46. The summed E-state index contributed by atoms with van der Waals surface area (Å²) in [5.74, 6) is -2.05. The number of rotatable bonds is 5. The number of benzene rings is 2. The lowest BCUT2D eigenvalue weighted by Crippen LogP contribution is -2.24. The maximum Gasteiger partial charge on any atom is 0.340 e. The van der Waals surface area contributed by atoms with Crippen molar-refractivity contribution < 1.29 is 23.8 Å². The number of anilines is 1. The van der Waals surface area contributed by atoms with Crippen LogP contribution in [0, 0.1) is 5.82 Å². The Labute approximate surface area is 126 Å².